The summed E-state index contributed by atoms with van der Waals surface area (Å²) in [7, 11) is 0. The molecule has 1 fully saturated rings. The van der Waals surface area contributed by atoms with Gasteiger partial charge >= 0.3 is 0 Å². The summed E-state index contributed by atoms with van der Waals surface area (Å²) in [5.41, 5.74) is 7.36. The van der Waals surface area contributed by atoms with Crippen LogP contribution >= 0.6 is 34.0 Å². The van der Waals surface area contributed by atoms with Crippen molar-refractivity contribution >= 4 is 39.7 Å². The van der Waals surface area contributed by atoms with E-state index in [4.69, 9.17) is 5.73 Å². The molecule has 0 aliphatic carbocycles. The van der Waals surface area contributed by atoms with Crippen molar-refractivity contribution in [2.45, 2.75) is 32.2 Å². The highest BCUT2D eigenvalue weighted by molar-refractivity contribution is 8.93. The molecule has 104 valence electrons. The second kappa shape index (κ2) is 8.77. The monoisotopic (exact) mass is 380 g/mol. The zero-order valence-electron chi connectivity index (χ0n) is 10.5. The largest absolute Gasteiger partial charge is 0.506 e. The molecule has 3 nitrogen and oxygen atoms in total. The van der Waals surface area contributed by atoms with Crippen LogP contribution in [-0.4, -0.2) is 23.1 Å². The highest BCUT2D eigenvalue weighted by Crippen LogP contribution is 2.22. The third-order valence-corrected chi connectivity index (χ3v) is 3.20. The smallest absolute Gasteiger partial charge is 0.138 e. The number of nitrogens with zero attached hydrogens (tertiary/aromatic N) is 1. The summed E-state index contributed by atoms with van der Waals surface area (Å²) in [6, 6.07) is 5.51. The number of likely N-dealkylation sites (tertiary alicyclic amines) is 1. The van der Waals surface area contributed by atoms with Crippen molar-refractivity contribution in [3.05, 3.63) is 23.8 Å². The summed E-state index contributed by atoms with van der Waals surface area (Å²) in [6.07, 6.45) is 5.31. The van der Waals surface area contributed by atoms with E-state index in [9.17, 15) is 5.11 Å². The lowest BCUT2D eigenvalue weighted by molar-refractivity contribution is 0.277. The molecule has 0 atom stereocenters. The molecule has 0 spiro atoms. The number of anilines is 1. The number of hydrogen-bond acceptors (Lipinski definition) is 3. The Morgan fingerprint density at radius 3 is 2.22 bits per heavy atom. The molecule has 2 rings (SSSR count). The minimum Gasteiger partial charge on any atom is -0.506 e. The zero-order chi connectivity index (χ0) is 11.4. The van der Waals surface area contributed by atoms with Gasteiger partial charge in [0.2, 0.25) is 0 Å². The molecule has 3 N–H and O–H groups in total. The first-order chi connectivity index (χ1) is 7.75. The zero-order valence-corrected chi connectivity index (χ0v) is 13.9. The van der Waals surface area contributed by atoms with Gasteiger partial charge in [0.15, 0.2) is 0 Å². The molecule has 5 heteroatoms. The number of phenolic OH excluding ortho intramolecular Hbond substituents is 1. The van der Waals surface area contributed by atoms with Gasteiger partial charge in [-0.2, -0.15) is 0 Å². The normalized spacial score (nSPS) is 16.2. The molecule has 0 saturated carbocycles. The highest BCUT2D eigenvalue weighted by Gasteiger charge is 2.09. The molecular formula is C13H22Br2N2O. The van der Waals surface area contributed by atoms with Gasteiger partial charge < -0.3 is 10.8 Å². The first kappa shape index (κ1) is 17.7. The number of aromatic hydroxyl groups is 1. The standard InChI is InChI=1S/C13H20N2O.2BrH/c14-12-9-11(5-6-13(12)16)10-15-7-3-1-2-4-8-15;;/h5-6,9,16H,1-4,7-8,10,14H2;2*1H. The molecule has 0 radical (unpaired) electrons. The number of nitrogens with two attached hydrogens (primary N) is 1. The molecular weight excluding hydrogens is 360 g/mol. The van der Waals surface area contributed by atoms with E-state index < -0.39 is 0 Å². The Labute approximate surface area is 130 Å². The average molecular weight is 382 g/mol. The van der Waals surface area contributed by atoms with Crippen molar-refractivity contribution in [3.8, 4) is 5.75 Å². The Balaban J connectivity index is 0.00000144. The summed E-state index contributed by atoms with van der Waals surface area (Å²) in [6.45, 7) is 3.31. The number of halogens is 2. The maximum absolute atomic E-state index is 9.36. The van der Waals surface area contributed by atoms with E-state index in [1.807, 2.05) is 12.1 Å². The van der Waals surface area contributed by atoms with E-state index in [1.165, 1.54) is 44.3 Å². The van der Waals surface area contributed by atoms with Gasteiger partial charge in [0.05, 0.1) is 5.69 Å². The topological polar surface area (TPSA) is 49.5 Å². The summed E-state index contributed by atoms with van der Waals surface area (Å²) in [4.78, 5) is 2.47. The minimum atomic E-state index is 0. The van der Waals surface area contributed by atoms with Gasteiger partial charge in [-0.25, -0.2) is 0 Å². The fourth-order valence-corrected chi connectivity index (χ4v) is 2.25. The van der Waals surface area contributed by atoms with Gasteiger partial charge in [-0.05, 0) is 43.6 Å². The van der Waals surface area contributed by atoms with Crippen LogP contribution in [0.1, 0.15) is 31.2 Å². The van der Waals surface area contributed by atoms with Crippen LogP contribution in [0.5, 0.6) is 5.75 Å². The van der Waals surface area contributed by atoms with Crippen molar-refractivity contribution in [1.82, 2.24) is 4.90 Å². The lowest BCUT2D eigenvalue weighted by Gasteiger charge is -2.19. The van der Waals surface area contributed by atoms with Crippen molar-refractivity contribution in [3.63, 3.8) is 0 Å². The van der Waals surface area contributed by atoms with Gasteiger partial charge in [0.1, 0.15) is 5.75 Å². The average Bonchev–Trinajstić information content (AvgIpc) is 2.52. The molecule has 1 heterocycles. The second-order valence-electron chi connectivity index (χ2n) is 4.58. The van der Waals surface area contributed by atoms with Crippen molar-refractivity contribution in [1.29, 1.82) is 0 Å². The van der Waals surface area contributed by atoms with Gasteiger partial charge in [-0.1, -0.05) is 18.9 Å². The van der Waals surface area contributed by atoms with Crippen molar-refractivity contribution in [2.24, 2.45) is 0 Å². The number of phenols is 1. The Hall–Kier alpha value is -0.260. The van der Waals surface area contributed by atoms with Crippen molar-refractivity contribution in [2.75, 3.05) is 18.8 Å². The molecule has 1 aromatic rings. The second-order valence-corrected chi connectivity index (χ2v) is 4.58. The summed E-state index contributed by atoms with van der Waals surface area (Å²) >= 11 is 0. The molecule has 0 amide bonds. The number of benzene rings is 1. The number of nitrogen functional groups attached to an aromatic ring is 1. The maximum Gasteiger partial charge on any atom is 0.138 e. The number of hydrogen-bond donors (Lipinski definition) is 2. The molecule has 1 aliphatic heterocycles. The lowest BCUT2D eigenvalue weighted by atomic mass is 10.1. The Morgan fingerprint density at radius 1 is 1.06 bits per heavy atom. The van der Waals surface area contributed by atoms with E-state index in [-0.39, 0.29) is 39.7 Å². The lowest BCUT2D eigenvalue weighted by Crippen LogP contribution is -2.23. The quantitative estimate of drug-likeness (QED) is 0.608. The molecule has 0 aromatic heterocycles. The molecule has 1 aliphatic rings. The minimum absolute atomic E-state index is 0. The van der Waals surface area contributed by atoms with E-state index in [0.29, 0.717) is 5.69 Å². The molecule has 0 bridgehead atoms. The highest BCUT2D eigenvalue weighted by atomic mass is 79.9. The van der Waals surface area contributed by atoms with Gasteiger partial charge in [0.25, 0.3) is 0 Å². The first-order valence-electron chi connectivity index (χ1n) is 6.05. The van der Waals surface area contributed by atoms with Gasteiger partial charge in [-0.3, -0.25) is 4.90 Å². The Morgan fingerprint density at radius 2 is 1.67 bits per heavy atom. The van der Waals surface area contributed by atoms with Gasteiger partial charge in [-0.15, -0.1) is 34.0 Å². The predicted octanol–water partition coefficient (Wildman–Crippen LogP) is 3.51. The van der Waals surface area contributed by atoms with E-state index >= 15 is 0 Å². The molecule has 0 unspecified atom stereocenters. The van der Waals surface area contributed by atoms with Crippen LogP contribution in [0.15, 0.2) is 18.2 Å². The fourth-order valence-electron chi connectivity index (χ4n) is 2.25. The third kappa shape index (κ3) is 5.16. The first-order valence-corrected chi connectivity index (χ1v) is 6.05. The van der Waals surface area contributed by atoms with Crippen LogP contribution in [0.2, 0.25) is 0 Å². The SMILES string of the molecule is Br.Br.Nc1cc(CN2CCCCCC2)ccc1O. The maximum atomic E-state index is 9.36. The summed E-state index contributed by atoms with van der Waals surface area (Å²) in [5.74, 6) is 0.180. The van der Waals surface area contributed by atoms with E-state index in [0.717, 1.165) is 6.54 Å². The van der Waals surface area contributed by atoms with Crippen LogP contribution < -0.4 is 5.73 Å². The van der Waals surface area contributed by atoms with Crippen LogP contribution in [-0.2, 0) is 6.54 Å². The fraction of sp³-hybridized carbons (Fsp3) is 0.538. The molecule has 18 heavy (non-hydrogen) atoms. The van der Waals surface area contributed by atoms with Crippen LogP contribution in [0.4, 0.5) is 5.69 Å². The number of rotatable bonds is 2. The van der Waals surface area contributed by atoms with Gasteiger partial charge in [0, 0.05) is 6.54 Å². The summed E-state index contributed by atoms with van der Waals surface area (Å²) < 4.78 is 0. The Kier molecular flexibility index (Phi) is 8.65. The van der Waals surface area contributed by atoms with Crippen LogP contribution in [0, 0.1) is 0 Å². The summed E-state index contributed by atoms with van der Waals surface area (Å²) in [5, 5.41) is 9.36. The van der Waals surface area contributed by atoms with Crippen molar-refractivity contribution < 1.29 is 5.11 Å². The van der Waals surface area contributed by atoms with E-state index in [2.05, 4.69) is 4.90 Å². The molecule has 1 aromatic carbocycles. The third-order valence-electron chi connectivity index (χ3n) is 3.20. The van der Waals surface area contributed by atoms with E-state index in [1.54, 1.807) is 6.07 Å². The predicted molar refractivity (Wildman–Crippen MR) is 86.9 cm³/mol. The Bertz CT molecular complexity index is 353. The van der Waals surface area contributed by atoms with Crippen LogP contribution in [0.25, 0.3) is 0 Å². The molecule has 1 saturated heterocycles. The van der Waals surface area contributed by atoms with Crippen LogP contribution in [0.3, 0.4) is 0 Å².